The zero-order valence-electron chi connectivity index (χ0n) is 17.1. The van der Waals surface area contributed by atoms with E-state index in [4.69, 9.17) is 0 Å². The van der Waals surface area contributed by atoms with Crippen molar-refractivity contribution in [2.45, 2.75) is 76.7 Å². The first kappa shape index (κ1) is 18.0. The normalized spacial score (nSPS) is 25.7. The van der Waals surface area contributed by atoms with Crippen LogP contribution in [-0.2, 0) is 6.42 Å². The van der Waals surface area contributed by atoms with Gasteiger partial charge in [-0.3, -0.25) is 0 Å². The Balaban J connectivity index is 1.38. The summed E-state index contributed by atoms with van der Waals surface area (Å²) in [6, 6.07) is 14.5. The fraction of sp³-hybridized carbons (Fsp3) is 0.481. The lowest BCUT2D eigenvalue weighted by molar-refractivity contribution is 0.478. The van der Waals surface area contributed by atoms with Gasteiger partial charge in [-0.2, -0.15) is 0 Å². The summed E-state index contributed by atoms with van der Waals surface area (Å²) in [4.78, 5) is 0. The van der Waals surface area contributed by atoms with Crippen LogP contribution in [-0.4, -0.2) is 6.04 Å². The van der Waals surface area contributed by atoms with Crippen molar-refractivity contribution >= 4 is 16.5 Å². The number of hydrogen-bond donors (Lipinski definition) is 1. The van der Waals surface area contributed by atoms with Crippen LogP contribution in [0.3, 0.4) is 0 Å². The standard InChI is InChI=1S/C27H33N/c1-2-6-23-13-15-24-9-4-10-27(26(24)19-23)28-25-16-14-22(18-25)8-3-7-21-12-11-20(5-1)17-21/h4,9-13,15,19,22,25,28H,1-3,5-8,14,16-18H2. The molecule has 0 spiro atoms. The first-order valence-electron chi connectivity index (χ1n) is 11.5. The molecule has 0 radical (unpaired) electrons. The molecule has 1 fully saturated rings. The molecule has 1 nitrogen and oxygen atoms in total. The number of anilines is 1. The molecule has 28 heavy (non-hydrogen) atoms. The zero-order chi connectivity index (χ0) is 18.8. The lowest BCUT2D eigenvalue weighted by Crippen LogP contribution is -2.15. The number of aryl methyl sites for hydroxylation is 1. The van der Waals surface area contributed by atoms with Gasteiger partial charge in [0.05, 0.1) is 0 Å². The number of allylic oxidation sites excluding steroid dienone is 4. The van der Waals surface area contributed by atoms with Gasteiger partial charge in [-0.15, -0.1) is 0 Å². The topological polar surface area (TPSA) is 12.0 Å². The first-order valence-corrected chi connectivity index (χ1v) is 11.5. The SMILES string of the molecule is C1=C2CCCCc3ccc4cccc(c4c3)NC3CCC(CCCC(=C1)C2)C3. The molecule has 2 aromatic carbocycles. The van der Waals surface area contributed by atoms with Crippen molar-refractivity contribution in [1.82, 2.24) is 0 Å². The van der Waals surface area contributed by atoms with Crippen LogP contribution in [0.4, 0.5) is 5.69 Å². The van der Waals surface area contributed by atoms with Crippen molar-refractivity contribution in [3.8, 4) is 0 Å². The molecule has 1 saturated carbocycles. The molecule has 6 bridgehead atoms. The van der Waals surface area contributed by atoms with Gasteiger partial charge in [0, 0.05) is 17.1 Å². The maximum Gasteiger partial charge on any atom is 0.0422 e. The molecule has 1 heterocycles. The summed E-state index contributed by atoms with van der Waals surface area (Å²) in [5.41, 5.74) is 6.19. The number of fused-ring (bicyclic) bond motifs is 5. The van der Waals surface area contributed by atoms with Gasteiger partial charge < -0.3 is 5.32 Å². The van der Waals surface area contributed by atoms with Gasteiger partial charge >= 0.3 is 0 Å². The molecule has 1 heteroatoms. The van der Waals surface area contributed by atoms with Crippen LogP contribution in [0.25, 0.3) is 10.8 Å². The number of nitrogens with one attached hydrogen (secondary N) is 1. The molecule has 1 aliphatic heterocycles. The van der Waals surface area contributed by atoms with E-state index in [1.54, 1.807) is 11.1 Å². The summed E-state index contributed by atoms with van der Waals surface area (Å²) in [6.07, 6.45) is 19.4. The lowest BCUT2D eigenvalue weighted by Gasteiger charge is -2.17. The first-order chi connectivity index (χ1) is 13.8. The minimum atomic E-state index is 0.650. The van der Waals surface area contributed by atoms with E-state index in [0.717, 1.165) is 5.92 Å². The third kappa shape index (κ3) is 4.04. The van der Waals surface area contributed by atoms with Crippen LogP contribution in [0.5, 0.6) is 0 Å². The average Bonchev–Trinajstić information content (AvgIpc) is 3.35. The lowest BCUT2D eigenvalue weighted by atomic mass is 9.95. The summed E-state index contributed by atoms with van der Waals surface area (Å²) in [5.74, 6) is 0.913. The van der Waals surface area contributed by atoms with E-state index in [1.165, 1.54) is 92.7 Å². The summed E-state index contributed by atoms with van der Waals surface area (Å²) >= 11 is 0. The molecular weight excluding hydrogens is 338 g/mol. The Hall–Kier alpha value is -2.02. The van der Waals surface area contributed by atoms with Crippen LogP contribution in [0, 0.1) is 5.92 Å². The Bertz CT molecular complexity index is 904. The second-order valence-electron chi connectivity index (χ2n) is 9.31. The van der Waals surface area contributed by atoms with E-state index in [9.17, 15) is 0 Å². The van der Waals surface area contributed by atoms with Gasteiger partial charge in [0.25, 0.3) is 0 Å². The number of rotatable bonds is 0. The fourth-order valence-corrected chi connectivity index (χ4v) is 5.58. The molecule has 0 saturated heterocycles. The zero-order valence-corrected chi connectivity index (χ0v) is 17.1. The Kier molecular flexibility index (Phi) is 5.25. The molecule has 0 aromatic heterocycles. The molecule has 2 unspecified atom stereocenters. The predicted octanol–water partition coefficient (Wildman–Crippen LogP) is 7.57. The number of hydrogen-bond acceptors (Lipinski definition) is 1. The molecule has 1 N–H and O–H groups in total. The van der Waals surface area contributed by atoms with E-state index < -0.39 is 0 Å². The summed E-state index contributed by atoms with van der Waals surface area (Å²) in [5, 5.41) is 6.70. The molecule has 2 atom stereocenters. The highest BCUT2D eigenvalue weighted by Gasteiger charge is 2.24. The van der Waals surface area contributed by atoms with E-state index in [-0.39, 0.29) is 0 Å². The quantitative estimate of drug-likeness (QED) is 0.503. The van der Waals surface area contributed by atoms with Crippen LogP contribution in [0.1, 0.15) is 69.8 Å². The van der Waals surface area contributed by atoms with Gasteiger partial charge in [0.1, 0.15) is 0 Å². The van der Waals surface area contributed by atoms with Gasteiger partial charge in [-0.05, 0) is 93.2 Å². The molecular formula is C27H33N. The summed E-state index contributed by atoms with van der Waals surface area (Å²) in [7, 11) is 0. The second-order valence-corrected chi connectivity index (χ2v) is 9.31. The van der Waals surface area contributed by atoms with Crippen molar-refractivity contribution in [3.63, 3.8) is 0 Å². The molecule has 0 amide bonds. The summed E-state index contributed by atoms with van der Waals surface area (Å²) in [6.45, 7) is 0. The maximum absolute atomic E-state index is 3.92. The second kappa shape index (κ2) is 8.15. The third-order valence-corrected chi connectivity index (χ3v) is 7.18. The van der Waals surface area contributed by atoms with Crippen LogP contribution in [0.2, 0.25) is 0 Å². The highest BCUT2D eigenvalue weighted by atomic mass is 14.9. The predicted molar refractivity (Wildman–Crippen MR) is 121 cm³/mol. The monoisotopic (exact) mass is 371 g/mol. The Morgan fingerprint density at radius 3 is 2.57 bits per heavy atom. The van der Waals surface area contributed by atoms with Gasteiger partial charge in [-0.1, -0.05) is 54.0 Å². The third-order valence-electron chi connectivity index (χ3n) is 7.18. The molecule has 2 aromatic rings. The van der Waals surface area contributed by atoms with Gasteiger partial charge in [0.2, 0.25) is 0 Å². The fourth-order valence-electron chi connectivity index (χ4n) is 5.58. The minimum absolute atomic E-state index is 0.650. The van der Waals surface area contributed by atoms with E-state index in [2.05, 4.69) is 53.9 Å². The molecule has 2 aliphatic carbocycles. The molecule has 3 aliphatic rings. The Labute approximate surface area is 169 Å². The van der Waals surface area contributed by atoms with Gasteiger partial charge in [-0.25, -0.2) is 0 Å². The smallest absolute Gasteiger partial charge is 0.0422 e. The minimum Gasteiger partial charge on any atom is -0.382 e. The highest BCUT2D eigenvalue weighted by molar-refractivity contribution is 5.94. The van der Waals surface area contributed by atoms with Crippen molar-refractivity contribution < 1.29 is 0 Å². The molecule has 5 rings (SSSR count). The van der Waals surface area contributed by atoms with E-state index in [1.807, 2.05) is 0 Å². The van der Waals surface area contributed by atoms with Crippen LogP contribution in [0.15, 0.2) is 59.7 Å². The van der Waals surface area contributed by atoms with Crippen molar-refractivity contribution in [1.29, 1.82) is 0 Å². The summed E-state index contributed by atoms with van der Waals surface area (Å²) < 4.78 is 0. The van der Waals surface area contributed by atoms with E-state index in [0.29, 0.717) is 6.04 Å². The Morgan fingerprint density at radius 1 is 0.786 bits per heavy atom. The van der Waals surface area contributed by atoms with E-state index >= 15 is 0 Å². The van der Waals surface area contributed by atoms with Crippen LogP contribution >= 0.6 is 0 Å². The van der Waals surface area contributed by atoms with Crippen LogP contribution < -0.4 is 5.32 Å². The molecule has 146 valence electrons. The highest BCUT2D eigenvalue weighted by Crippen LogP contribution is 2.35. The maximum atomic E-state index is 3.92. The van der Waals surface area contributed by atoms with Gasteiger partial charge in [0.15, 0.2) is 0 Å². The van der Waals surface area contributed by atoms with Crippen molar-refractivity contribution in [2.24, 2.45) is 5.92 Å². The number of benzene rings is 2. The largest absolute Gasteiger partial charge is 0.382 e. The Morgan fingerprint density at radius 2 is 1.64 bits per heavy atom. The average molecular weight is 372 g/mol. The van der Waals surface area contributed by atoms with Crippen molar-refractivity contribution in [3.05, 3.63) is 65.3 Å². The van der Waals surface area contributed by atoms with Crippen molar-refractivity contribution in [2.75, 3.05) is 5.32 Å².